The van der Waals surface area contributed by atoms with E-state index in [1.165, 1.54) is 0 Å². The summed E-state index contributed by atoms with van der Waals surface area (Å²) in [6, 6.07) is 3.63. The summed E-state index contributed by atoms with van der Waals surface area (Å²) in [5.74, 6) is 0.646. The number of hydrogen-bond acceptors (Lipinski definition) is 5. The first-order chi connectivity index (χ1) is 7.13. The molecular weight excluding hydrogens is 194 g/mol. The average molecular weight is 211 g/mol. The largest absolute Gasteiger partial charge is 0.495 e. The summed E-state index contributed by atoms with van der Waals surface area (Å²) >= 11 is 0. The summed E-state index contributed by atoms with van der Waals surface area (Å²) in [7, 11) is 6.82. The number of nitrogen functional groups attached to an aromatic ring is 1. The van der Waals surface area contributed by atoms with Gasteiger partial charge in [-0.15, -0.1) is 0 Å². The lowest BCUT2D eigenvalue weighted by Gasteiger charge is -2.21. The maximum absolute atomic E-state index is 5.81. The molecule has 0 bridgehead atoms. The minimum atomic E-state index is 0.579. The van der Waals surface area contributed by atoms with Gasteiger partial charge < -0.3 is 15.8 Å². The number of nitrogens with two attached hydrogens (primary N) is 1. The Labute approximate surface area is 89.7 Å². The standard InChI is InChI=1S/C10H17N3O2/c1-12-8-6-10(14-3)7(11)5-9(8)13(2)15-4/h5-6,12H,11H2,1-4H3. The van der Waals surface area contributed by atoms with E-state index >= 15 is 0 Å². The number of ether oxygens (including phenoxy) is 1. The highest BCUT2D eigenvalue weighted by molar-refractivity contribution is 5.77. The fraction of sp³-hybridized carbons (Fsp3) is 0.400. The van der Waals surface area contributed by atoms with Gasteiger partial charge >= 0.3 is 0 Å². The highest BCUT2D eigenvalue weighted by Crippen LogP contribution is 2.34. The summed E-state index contributed by atoms with van der Waals surface area (Å²) in [6.07, 6.45) is 0. The first kappa shape index (κ1) is 11.5. The van der Waals surface area contributed by atoms with Crippen molar-refractivity contribution in [2.45, 2.75) is 0 Å². The molecule has 0 saturated carbocycles. The van der Waals surface area contributed by atoms with Crippen molar-refractivity contribution in [2.75, 3.05) is 44.4 Å². The number of hydrogen-bond donors (Lipinski definition) is 2. The minimum Gasteiger partial charge on any atom is -0.495 e. The van der Waals surface area contributed by atoms with Crippen LogP contribution in [0.1, 0.15) is 0 Å². The van der Waals surface area contributed by atoms with Gasteiger partial charge in [-0.2, -0.15) is 0 Å². The van der Waals surface area contributed by atoms with E-state index in [4.69, 9.17) is 15.3 Å². The zero-order chi connectivity index (χ0) is 11.4. The molecule has 0 saturated heterocycles. The Morgan fingerprint density at radius 2 is 2.00 bits per heavy atom. The maximum atomic E-state index is 5.81. The van der Waals surface area contributed by atoms with Gasteiger partial charge in [-0.3, -0.25) is 9.90 Å². The van der Waals surface area contributed by atoms with Gasteiger partial charge in [0, 0.05) is 20.2 Å². The number of hydroxylamine groups is 1. The molecule has 1 aromatic carbocycles. The van der Waals surface area contributed by atoms with Crippen LogP contribution in [-0.2, 0) is 4.84 Å². The van der Waals surface area contributed by atoms with Crippen molar-refractivity contribution in [3.63, 3.8) is 0 Å². The van der Waals surface area contributed by atoms with Gasteiger partial charge in [0.05, 0.1) is 31.3 Å². The lowest BCUT2D eigenvalue weighted by atomic mass is 10.2. The predicted octanol–water partition coefficient (Wildman–Crippen LogP) is 1.32. The quantitative estimate of drug-likeness (QED) is 0.581. The van der Waals surface area contributed by atoms with Crippen LogP contribution in [0, 0.1) is 0 Å². The molecule has 1 rings (SSSR count). The van der Waals surface area contributed by atoms with Crippen molar-refractivity contribution in [1.29, 1.82) is 0 Å². The van der Waals surface area contributed by atoms with Crippen molar-refractivity contribution < 1.29 is 9.57 Å². The zero-order valence-corrected chi connectivity index (χ0v) is 9.50. The first-order valence-electron chi connectivity index (χ1n) is 4.57. The third-order valence-corrected chi connectivity index (χ3v) is 2.23. The molecule has 0 radical (unpaired) electrons. The molecule has 84 valence electrons. The fourth-order valence-corrected chi connectivity index (χ4v) is 1.32. The average Bonchev–Trinajstić information content (AvgIpc) is 2.27. The molecule has 1 aromatic rings. The van der Waals surface area contributed by atoms with E-state index in [9.17, 15) is 0 Å². The van der Waals surface area contributed by atoms with Crippen LogP contribution in [0.3, 0.4) is 0 Å². The Kier molecular flexibility index (Phi) is 3.62. The molecule has 5 heteroatoms. The molecule has 0 fully saturated rings. The van der Waals surface area contributed by atoms with E-state index in [0.29, 0.717) is 11.4 Å². The second-order valence-corrected chi connectivity index (χ2v) is 3.04. The van der Waals surface area contributed by atoms with Crippen LogP contribution in [0.2, 0.25) is 0 Å². The Bertz CT molecular complexity index is 342. The minimum absolute atomic E-state index is 0.579. The molecule has 15 heavy (non-hydrogen) atoms. The maximum Gasteiger partial charge on any atom is 0.143 e. The Hall–Kier alpha value is -1.62. The topological polar surface area (TPSA) is 59.8 Å². The molecule has 0 aliphatic rings. The SMILES string of the molecule is CNc1cc(OC)c(N)cc1N(C)OC. The number of benzene rings is 1. The Morgan fingerprint density at radius 1 is 1.33 bits per heavy atom. The van der Waals surface area contributed by atoms with Crippen molar-refractivity contribution in [3.8, 4) is 5.75 Å². The van der Waals surface area contributed by atoms with Crippen LogP contribution >= 0.6 is 0 Å². The third-order valence-electron chi connectivity index (χ3n) is 2.23. The van der Waals surface area contributed by atoms with Gasteiger partial charge in [0.2, 0.25) is 0 Å². The molecule has 5 nitrogen and oxygen atoms in total. The molecule has 0 atom stereocenters. The Morgan fingerprint density at radius 3 is 2.47 bits per heavy atom. The number of rotatable bonds is 4. The van der Waals surface area contributed by atoms with Crippen LogP contribution < -0.4 is 20.9 Å². The summed E-state index contributed by atoms with van der Waals surface area (Å²) in [5, 5.41) is 4.68. The van der Waals surface area contributed by atoms with Gasteiger partial charge in [-0.25, -0.2) is 0 Å². The van der Waals surface area contributed by atoms with Crippen LogP contribution in [0.5, 0.6) is 5.75 Å². The van der Waals surface area contributed by atoms with Gasteiger partial charge in [-0.1, -0.05) is 0 Å². The zero-order valence-electron chi connectivity index (χ0n) is 9.50. The summed E-state index contributed by atoms with van der Waals surface area (Å²) in [4.78, 5) is 5.10. The van der Waals surface area contributed by atoms with E-state index in [1.807, 2.05) is 20.2 Å². The summed E-state index contributed by atoms with van der Waals surface area (Å²) < 4.78 is 5.13. The number of nitrogens with one attached hydrogen (secondary N) is 1. The molecule has 0 aromatic heterocycles. The highest BCUT2D eigenvalue weighted by atomic mass is 16.7. The molecule has 3 N–H and O–H groups in total. The van der Waals surface area contributed by atoms with Crippen LogP contribution in [0.25, 0.3) is 0 Å². The van der Waals surface area contributed by atoms with Gasteiger partial charge in [-0.05, 0) is 6.07 Å². The highest BCUT2D eigenvalue weighted by Gasteiger charge is 2.10. The Balaban J connectivity index is 3.21. The van der Waals surface area contributed by atoms with Crippen molar-refractivity contribution in [1.82, 2.24) is 0 Å². The van der Waals surface area contributed by atoms with Crippen LogP contribution in [-0.4, -0.2) is 28.3 Å². The van der Waals surface area contributed by atoms with E-state index in [1.54, 1.807) is 25.3 Å². The van der Waals surface area contributed by atoms with Crippen molar-refractivity contribution in [2.24, 2.45) is 0 Å². The lowest BCUT2D eigenvalue weighted by Crippen LogP contribution is -2.16. The monoisotopic (exact) mass is 211 g/mol. The second-order valence-electron chi connectivity index (χ2n) is 3.04. The van der Waals surface area contributed by atoms with Crippen LogP contribution in [0.15, 0.2) is 12.1 Å². The molecule has 0 aliphatic carbocycles. The smallest absolute Gasteiger partial charge is 0.143 e. The number of nitrogens with zero attached hydrogens (tertiary/aromatic N) is 1. The van der Waals surface area contributed by atoms with Gasteiger partial charge in [0.15, 0.2) is 0 Å². The molecule has 0 unspecified atom stereocenters. The number of methoxy groups -OCH3 is 1. The van der Waals surface area contributed by atoms with Crippen LogP contribution in [0.4, 0.5) is 17.1 Å². The fourth-order valence-electron chi connectivity index (χ4n) is 1.32. The summed E-state index contributed by atoms with van der Waals surface area (Å²) in [5.41, 5.74) is 8.15. The van der Waals surface area contributed by atoms with Gasteiger partial charge in [0.1, 0.15) is 5.75 Å². The molecule has 0 spiro atoms. The van der Waals surface area contributed by atoms with Crippen molar-refractivity contribution in [3.05, 3.63) is 12.1 Å². The molecule has 0 aliphatic heterocycles. The van der Waals surface area contributed by atoms with E-state index in [-0.39, 0.29) is 0 Å². The molecule has 0 heterocycles. The second kappa shape index (κ2) is 4.75. The molecular formula is C10H17N3O2. The lowest BCUT2D eigenvalue weighted by molar-refractivity contribution is 0.185. The number of anilines is 3. The van der Waals surface area contributed by atoms with Crippen molar-refractivity contribution >= 4 is 17.1 Å². The first-order valence-corrected chi connectivity index (χ1v) is 4.57. The van der Waals surface area contributed by atoms with E-state index in [2.05, 4.69) is 5.32 Å². The van der Waals surface area contributed by atoms with Gasteiger partial charge in [0.25, 0.3) is 0 Å². The third kappa shape index (κ3) is 2.24. The normalized spacial score (nSPS) is 9.87. The molecule has 0 amide bonds. The van der Waals surface area contributed by atoms with E-state index in [0.717, 1.165) is 11.4 Å². The predicted molar refractivity (Wildman–Crippen MR) is 62.4 cm³/mol. The van der Waals surface area contributed by atoms with E-state index < -0.39 is 0 Å². The summed E-state index contributed by atoms with van der Waals surface area (Å²) in [6.45, 7) is 0.